The third-order valence-electron chi connectivity index (χ3n) is 2.46. The summed E-state index contributed by atoms with van der Waals surface area (Å²) in [6, 6.07) is 0. The molecular formula is C10H17O3P. The van der Waals surface area contributed by atoms with Gasteiger partial charge in [0, 0.05) is 0 Å². The Morgan fingerprint density at radius 1 is 1.50 bits per heavy atom. The van der Waals surface area contributed by atoms with Crippen LogP contribution in [0.1, 0.15) is 20.8 Å². The van der Waals surface area contributed by atoms with E-state index in [2.05, 4.69) is 6.92 Å². The minimum atomic E-state index is -3.56. The summed E-state index contributed by atoms with van der Waals surface area (Å²) in [5, 5.41) is 0.421. The van der Waals surface area contributed by atoms with Crippen molar-refractivity contribution in [3.05, 3.63) is 23.5 Å². The molecule has 3 atom stereocenters. The van der Waals surface area contributed by atoms with Crippen molar-refractivity contribution in [1.82, 2.24) is 0 Å². The molecule has 3 unspecified atom stereocenters. The summed E-state index contributed by atoms with van der Waals surface area (Å²) in [6.45, 7) is 6.07. The fourth-order valence-corrected chi connectivity index (χ4v) is 2.54. The van der Waals surface area contributed by atoms with Gasteiger partial charge in [0.1, 0.15) is 0 Å². The van der Waals surface area contributed by atoms with Crippen molar-refractivity contribution in [2.45, 2.75) is 20.8 Å². The average molecular weight is 216 g/mol. The summed E-state index contributed by atoms with van der Waals surface area (Å²) < 4.78 is 16.5. The number of hydrogen-bond donors (Lipinski definition) is 1. The zero-order chi connectivity index (χ0) is 10.8. The van der Waals surface area contributed by atoms with E-state index in [0.717, 1.165) is 0 Å². The fourth-order valence-electron chi connectivity index (χ4n) is 1.34. The second-order valence-corrected chi connectivity index (χ2v) is 5.42. The average Bonchev–Trinajstić information content (AvgIpc) is 2.09. The number of allylic oxidation sites excluding steroid dienone is 4. The van der Waals surface area contributed by atoms with Gasteiger partial charge in [0.15, 0.2) is 0 Å². The molecule has 0 saturated carbocycles. The molecule has 1 aliphatic carbocycles. The fraction of sp³-hybridized carbons (Fsp3) is 0.600. The number of rotatable bonds is 3. The van der Waals surface area contributed by atoms with Gasteiger partial charge in [-0.25, -0.2) is 0 Å². The van der Waals surface area contributed by atoms with E-state index in [4.69, 9.17) is 4.52 Å². The largest absolute Gasteiger partial charge is 0.358 e. The summed E-state index contributed by atoms with van der Waals surface area (Å²) in [5.41, 5.74) is 0. The van der Waals surface area contributed by atoms with E-state index in [1.807, 2.05) is 19.1 Å². The van der Waals surface area contributed by atoms with E-state index in [1.165, 1.54) is 0 Å². The molecule has 0 aliphatic heterocycles. The molecule has 1 N–H and O–H groups in total. The normalized spacial score (nSPS) is 31.0. The highest BCUT2D eigenvalue weighted by Gasteiger charge is 2.26. The van der Waals surface area contributed by atoms with Gasteiger partial charge in [0.25, 0.3) is 0 Å². The third kappa shape index (κ3) is 2.57. The van der Waals surface area contributed by atoms with Gasteiger partial charge in [-0.3, -0.25) is 4.57 Å². The molecule has 0 aromatic rings. The maximum absolute atomic E-state index is 11.6. The molecule has 0 aromatic carbocycles. The van der Waals surface area contributed by atoms with Gasteiger partial charge >= 0.3 is 7.60 Å². The summed E-state index contributed by atoms with van der Waals surface area (Å²) in [5.74, 6) is 0.705. The minimum Gasteiger partial charge on any atom is -0.321 e. The standard InChI is InChI=1S/C10H17O3P/c1-4-13-14(11,12)10-6-5-8(2)9(3)7-10/h5-9H,4H2,1-3H3,(H,11,12). The van der Waals surface area contributed by atoms with E-state index >= 15 is 0 Å². The zero-order valence-electron chi connectivity index (χ0n) is 8.80. The van der Waals surface area contributed by atoms with Gasteiger partial charge < -0.3 is 9.42 Å². The van der Waals surface area contributed by atoms with Gasteiger partial charge in [0.2, 0.25) is 0 Å². The highest BCUT2D eigenvalue weighted by atomic mass is 31.2. The Balaban J connectivity index is 2.85. The number of hydrogen-bond acceptors (Lipinski definition) is 2. The third-order valence-corrected chi connectivity index (χ3v) is 4.02. The monoisotopic (exact) mass is 216 g/mol. The lowest BCUT2D eigenvalue weighted by molar-refractivity contribution is 0.280. The lowest BCUT2D eigenvalue weighted by Crippen LogP contribution is -2.07. The Morgan fingerprint density at radius 2 is 2.14 bits per heavy atom. The first-order chi connectivity index (χ1) is 6.47. The van der Waals surface area contributed by atoms with Gasteiger partial charge in [0.05, 0.1) is 11.9 Å². The molecule has 0 amide bonds. The van der Waals surface area contributed by atoms with Crippen LogP contribution in [0.5, 0.6) is 0 Å². The van der Waals surface area contributed by atoms with Crippen LogP contribution in [0.3, 0.4) is 0 Å². The van der Waals surface area contributed by atoms with Gasteiger partial charge in [-0.05, 0) is 18.8 Å². The first-order valence-electron chi connectivity index (χ1n) is 4.85. The van der Waals surface area contributed by atoms with Gasteiger partial charge in [-0.2, -0.15) is 0 Å². The van der Waals surface area contributed by atoms with Crippen LogP contribution in [0, 0.1) is 11.8 Å². The second kappa shape index (κ2) is 4.43. The van der Waals surface area contributed by atoms with E-state index in [1.54, 1.807) is 13.0 Å². The van der Waals surface area contributed by atoms with Crippen LogP contribution in [-0.4, -0.2) is 11.5 Å². The molecule has 0 heterocycles. The molecule has 0 radical (unpaired) electrons. The second-order valence-electron chi connectivity index (χ2n) is 3.61. The van der Waals surface area contributed by atoms with Crippen LogP contribution in [-0.2, 0) is 9.09 Å². The Kier molecular flexibility index (Phi) is 3.71. The van der Waals surface area contributed by atoms with E-state index in [9.17, 15) is 9.46 Å². The molecule has 80 valence electrons. The summed E-state index contributed by atoms with van der Waals surface area (Å²) in [7, 11) is -3.56. The van der Waals surface area contributed by atoms with Crippen LogP contribution >= 0.6 is 7.60 Å². The molecule has 0 aromatic heterocycles. The van der Waals surface area contributed by atoms with Crippen molar-refractivity contribution >= 4 is 7.60 Å². The predicted molar refractivity (Wildman–Crippen MR) is 57.0 cm³/mol. The molecule has 0 fully saturated rings. The quantitative estimate of drug-likeness (QED) is 0.738. The minimum absolute atomic E-state index is 0.253. The predicted octanol–water partition coefficient (Wildman–Crippen LogP) is 2.93. The van der Waals surface area contributed by atoms with Crippen LogP contribution in [0.2, 0.25) is 0 Å². The molecule has 3 nitrogen and oxygen atoms in total. The smallest absolute Gasteiger partial charge is 0.321 e. The maximum Gasteiger partial charge on any atom is 0.358 e. The zero-order valence-corrected chi connectivity index (χ0v) is 9.70. The van der Waals surface area contributed by atoms with Gasteiger partial charge in [-0.15, -0.1) is 0 Å². The van der Waals surface area contributed by atoms with Crippen LogP contribution in [0.15, 0.2) is 23.5 Å². The summed E-state index contributed by atoms with van der Waals surface area (Å²) >= 11 is 0. The van der Waals surface area contributed by atoms with Crippen molar-refractivity contribution in [2.24, 2.45) is 11.8 Å². The van der Waals surface area contributed by atoms with Crippen LogP contribution in [0.4, 0.5) is 0 Å². The lowest BCUT2D eigenvalue weighted by Gasteiger charge is -2.21. The van der Waals surface area contributed by atoms with Crippen LogP contribution in [0.25, 0.3) is 0 Å². The van der Waals surface area contributed by atoms with E-state index in [-0.39, 0.29) is 12.5 Å². The SMILES string of the molecule is CCOP(=O)(O)C1=CC(C)C(C)C=C1. The van der Waals surface area contributed by atoms with Crippen molar-refractivity contribution in [2.75, 3.05) is 6.61 Å². The highest BCUT2D eigenvalue weighted by Crippen LogP contribution is 2.53. The Hall–Kier alpha value is -0.370. The topological polar surface area (TPSA) is 46.5 Å². The molecule has 0 saturated heterocycles. The lowest BCUT2D eigenvalue weighted by atomic mass is 9.92. The molecule has 14 heavy (non-hydrogen) atoms. The summed E-state index contributed by atoms with van der Waals surface area (Å²) in [6.07, 6.45) is 5.46. The Labute approximate surface area is 85.0 Å². The molecule has 1 aliphatic rings. The van der Waals surface area contributed by atoms with Crippen LogP contribution < -0.4 is 0 Å². The van der Waals surface area contributed by atoms with E-state index < -0.39 is 7.60 Å². The first kappa shape index (κ1) is 11.7. The Morgan fingerprint density at radius 3 is 2.64 bits per heavy atom. The molecular weight excluding hydrogens is 199 g/mol. The van der Waals surface area contributed by atoms with Gasteiger partial charge in [-0.1, -0.05) is 32.1 Å². The van der Waals surface area contributed by atoms with Crippen molar-refractivity contribution in [3.63, 3.8) is 0 Å². The Bertz CT molecular complexity index is 306. The van der Waals surface area contributed by atoms with Crippen molar-refractivity contribution < 1.29 is 14.0 Å². The van der Waals surface area contributed by atoms with Crippen molar-refractivity contribution in [1.29, 1.82) is 0 Å². The molecule has 0 spiro atoms. The van der Waals surface area contributed by atoms with Crippen molar-refractivity contribution in [3.8, 4) is 0 Å². The maximum atomic E-state index is 11.6. The highest BCUT2D eigenvalue weighted by molar-refractivity contribution is 7.57. The van der Waals surface area contributed by atoms with E-state index in [0.29, 0.717) is 11.2 Å². The molecule has 4 heteroatoms. The molecule has 0 bridgehead atoms. The first-order valence-corrected chi connectivity index (χ1v) is 6.43. The summed E-state index contributed by atoms with van der Waals surface area (Å²) in [4.78, 5) is 9.56. The molecule has 1 rings (SSSR count).